The fourth-order valence-electron chi connectivity index (χ4n) is 2.17. The van der Waals surface area contributed by atoms with Crippen molar-refractivity contribution in [3.63, 3.8) is 0 Å². The molecule has 1 fully saturated rings. The van der Waals surface area contributed by atoms with Crippen molar-refractivity contribution in [2.24, 2.45) is 0 Å². The van der Waals surface area contributed by atoms with E-state index in [9.17, 15) is 9.18 Å². The van der Waals surface area contributed by atoms with Gasteiger partial charge in [0.05, 0.1) is 12.7 Å². The van der Waals surface area contributed by atoms with E-state index in [0.29, 0.717) is 6.04 Å². The molecular weight excluding hydrogens is 249 g/mol. The van der Waals surface area contributed by atoms with Gasteiger partial charge in [-0.05, 0) is 37.5 Å². The summed E-state index contributed by atoms with van der Waals surface area (Å²) in [5.74, 6) is -1.23. The Bertz CT molecular complexity index is 442. The van der Waals surface area contributed by atoms with E-state index in [0.717, 1.165) is 38.2 Å². The number of hydrogen-bond acceptors (Lipinski definition) is 4. The Morgan fingerprint density at radius 3 is 3.05 bits per heavy atom. The van der Waals surface area contributed by atoms with Crippen LogP contribution in [-0.2, 0) is 9.47 Å². The maximum Gasteiger partial charge on any atom is 0.340 e. The van der Waals surface area contributed by atoms with Gasteiger partial charge in [-0.3, -0.25) is 0 Å². The SMILES string of the molecule is COC(=O)c1cc(NC2CCCOCC2)ccc1F. The van der Waals surface area contributed by atoms with Crippen molar-refractivity contribution in [3.8, 4) is 0 Å². The zero-order valence-corrected chi connectivity index (χ0v) is 10.9. The monoisotopic (exact) mass is 267 g/mol. The van der Waals surface area contributed by atoms with Gasteiger partial charge >= 0.3 is 5.97 Å². The molecule has 104 valence electrons. The highest BCUT2D eigenvalue weighted by Gasteiger charge is 2.16. The number of hydrogen-bond donors (Lipinski definition) is 1. The van der Waals surface area contributed by atoms with Crippen LogP contribution >= 0.6 is 0 Å². The van der Waals surface area contributed by atoms with E-state index in [4.69, 9.17) is 4.74 Å². The minimum absolute atomic E-state index is 0.0441. The number of carbonyl (C=O) groups is 1. The van der Waals surface area contributed by atoms with Gasteiger partial charge in [0.15, 0.2) is 0 Å². The van der Waals surface area contributed by atoms with Gasteiger partial charge in [0.2, 0.25) is 0 Å². The van der Waals surface area contributed by atoms with Crippen LogP contribution in [0.25, 0.3) is 0 Å². The minimum atomic E-state index is -0.662. The van der Waals surface area contributed by atoms with Gasteiger partial charge < -0.3 is 14.8 Å². The molecule has 1 saturated heterocycles. The zero-order chi connectivity index (χ0) is 13.7. The van der Waals surface area contributed by atoms with Gasteiger partial charge in [-0.25, -0.2) is 9.18 Å². The first kappa shape index (κ1) is 13.8. The van der Waals surface area contributed by atoms with Gasteiger partial charge in [0.1, 0.15) is 5.82 Å². The van der Waals surface area contributed by atoms with Crippen LogP contribution in [0, 0.1) is 5.82 Å². The van der Waals surface area contributed by atoms with E-state index in [2.05, 4.69) is 10.1 Å². The second kappa shape index (κ2) is 6.52. The number of rotatable bonds is 3. The summed E-state index contributed by atoms with van der Waals surface area (Å²) in [6, 6.07) is 4.70. The lowest BCUT2D eigenvalue weighted by Crippen LogP contribution is -2.20. The fourth-order valence-corrected chi connectivity index (χ4v) is 2.17. The Hall–Kier alpha value is -1.62. The Morgan fingerprint density at radius 1 is 1.42 bits per heavy atom. The zero-order valence-electron chi connectivity index (χ0n) is 10.9. The summed E-state index contributed by atoms with van der Waals surface area (Å²) >= 11 is 0. The lowest BCUT2D eigenvalue weighted by atomic mass is 10.1. The second-order valence-electron chi connectivity index (χ2n) is 4.57. The second-order valence-corrected chi connectivity index (χ2v) is 4.57. The topological polar surface area (TPSA) is 47.6 Å². The third-order valence-corrected chi connectivity index (χ3v) is 3.19. The molecule has 1 aliphatic rings. The standard InChI is InChI=1S/C14H18FNO3/c1-18-14(17)12-9-11(4-5-13(12)15)16-10-3-2-7-19-8-6-10/h4-5,9-10,16H,2-3,6-8H2,1H3. The smallest absolute Gasteiger partial charge is 0.340 e. The summed E-state index contributed by atoms with van der Waals surface area (Å²) < 4.78 is 23.4. The van der Waals surface area contributed by atoms with Crippen LogP contribution in [0.4, 0.5) is 10.1 Å². The normalized spacial score (nSPS) is 19.6. The first-order chi connectivity index (χ1) is 9.20. The van der Waals surface area contributed by atoms with E-state index in [1.165, 1.54) is 19.2 Å². The number of carbonyl (C=O) groups excluding carboxylic acids is 1. The maximum absolute atomic E-state index is 13.5. The van der Waals surface area contributed by atoms with E-state index >= 15 is 0 Å². The summed E-state index contributed by atoms with van der Waals surface area (Å²) in [5.41, 5.74) is 0.686. The molecule has 1 aromatic rings. The fraction of sp³-hybridized carbons (Fsp3) is 0.500. The predicted octanol–water partition coefficient (Wildman–Crippen LogP) is 2.59. The Balaban J connectivity index is 2.09. The lowest BCUT2D eigenvalue weighted by molar-refractivity contribution is 0.0595. The molecule has 2 rings (SSSR count). The molecule has 4 nitrogen and oxygen atoms in total. The number of anilines is 1. The highest BCUT2D eigenvalue weighted by Crippen LogP contribution is 2.19. The summed E-state index contributed by atoms with van der Waals surface area (Å²) in [7, 11) is 1.24. The number of ether oxygens (including phenoxy) is 2. The average Bonchev–Trinajstić information content (AvgIpc) is 2.68. The van der Waals surface area contributed by atoms with Gasteiger partial charge in [-0.15, -0.1) is 0 Å². The third kappa shape index (κ3) is 3.67. The molecule has 0 saturated carbocycles. The molecule has 1 aromatic carbocycles. The van der Waals surface area contributed by atoms with Crippen molar-refractivity contribution in [2.75, 3.05) is 25.6 Å². The third-order valence-electron chi connectivity index (χ3n) is 3.19. The molecule has 0 radical (unpaired) electrons. The van der Waals surface area contributed by atoms with Crippen molar-refractivity contribution in [1.29, 1.82) is 0 Å². The van der Waals surface area contributed by atoms with Gasteiger partial charge in [-0.2, -0.15) is 0 Å². The van der Waals surface area contributed by atoms with E-state index in [1.54, 1.807) is 6.07 Å². The van der Waals surface area contributed by atoms with Crippen LogP contribution in [0.3, 0.4) is 0 Å². The quantitative estimate of drug-likeness (QED) is 0.855. The summed E-state index contributed by atoms with van der Waals surface area (Å²) in [4.78, 5) is 11.4. The molecular formula is C14H18FNO3. The summed E-state index contributed by atoms with van der Waals surface area (Å²) in [6.07, 6.45) is 2.92. The van der Waals surface area contributed by atoms with Crippen LogP contribution in [0.1, 0.15) is 29.6 Å². The number of methoxy groups -OCH3 is 1. The number of benzene rings is 1. The van der Waals surface area contributed by atoms with Gasteiger partial charge in [0, 0.05) is 24.9 Å². The lowest BCUT2D eigenvalue weighted by Gasteiger charge is -2.17. The average molecular weight is 267 g/mol. The highest BCUT2D eigenvalue weighted by atomic mass is 19.1. The van der Waals surface area contributed by atoms with Crippen molar-refractivity contribution in [1.82, 2.24) is 0 Å². The summed E-state index contributed by atoms with van der Waals surface area (Å²) in [5, 5.41) is 3.31. The van der Waals surface area contributed by atoms with Crippen LogP contribution in [0.15, 0.2) is 18.2 Å². The van der Waals surface area contributed by atoms with E-state index in [-0.39, 0.29) is 5.56 Å². The molecule has 1 heterocycles. The predicted molar refractivity (Wildman–Crippen MR) is 69.8 cm³/mol. The Morgan fingerprint density at radius 2 is 2.26 bits per heavy atom. The molecule has 1 unspecified atom stereocenters. The van der Waals surface area contributed by atoms with Crippen molar-refractivity contribution < 1.29 is 18.7 Å². The van der Waals surface area contributed by atoms with Crippen molar-refractivity contribution in [3.05, 3.63) is 29.6 Å². The number of nitrogens with one attached hydrogen (secondary N) is 1. The molecule has 0 spiro atoms. The van der Waals surface area contributed by atoms with E-state index in [1.807, 2.05) is 0 Å². The molecule has 19 heavy (non-hydrogen) atoms. The Kier molecular flexibility index (Phi) is 4.74. The van der Waals surface area contributed by atoms with E-state index < -0.39 is 11.8 Å². The van der Waals surface area contributed by atoms with Crippen LogP contribution in [0.5, 0.6) is 0 Å². The van der Waals surface area contributed by atoms with Gasteiger partial charge in [-0.1, -0.05) is 0 Å². The van der Waals surface area contributed by atoms with Crippen LogP contribution in [0.2, 0.25) is 0 Å². The van der Waals surface area contributed by atoms with Crippen LogP contribution in [-0.4, -0.2) is 32.3 Å². The minimum Gasteiger partial charge on any atom is -0.465 e. The molecule has 0 amide bonds. The number of halogens is 1. The van der Waals surface area contributed by atoms with Crippen molar-refractivity contribution >= 4 is 11.7 Å². The molecule has 5 heteroatoms. The highest BCUT2D eigenvalue weighted by molar-refractivity contribution is 5.90. The maximum atomic E-state index is 13.5. The first-order valence-corrected chi connectivity index (χ1v) is 6.43. The van der Waals surface area contributed by atoms with Gasteiger partial charge in [0.25, 0.3) is 0 Å². The molecule has 0 aromatic heterocycles. The molecule has 1 N–H and O–H groups in total. The molecule has 0 bridgehead atoms. The summed E-state index contributed by atoms with van der Waals surface area (Å²) in [6.45, 7) is 1.51. The van der Waals surface area contributed by atoms with Crippen LogP contribution < -0.4 is 5.32 Å². The molecule has 1 aliphatic heterocycles. The number of esters is 1. The first-order valence-electron chi connectivity index (χ1n) is 6.43. The Labute approximate surface area is 111 Å². The molecule has 0 aliphatic carbocycles. The largest absolute Gasteiger partial charge is 0.465 e. The van der Waals surface area contributed by atoms with Crippen molar-refractivity contribution in [2.45, 2.75) is 25.3 Å². The molecule has 1 atom stereocenters.